The predicted molar refractivity (Wildman–Crippen MR) is 103 cm³/mol. The van der Waals surface area contributed by atoms with Crippen LogP contribution in [0, 0.1) is 6.92 Å². The van der Waals surface area contributed by atoms with Crippen LogP contribution in [0.2, 0.25) is 0 Å². The highest BCUT2D eigenvalue weighted by atomic mass is 32.2. The second kappa shape index (κ2) is 8.02. The Balaban J connectivity index is 0.00000240. The molecule has 0 saturated heterocycles. The molecule has 1 aromatic carbocycles. The average Bonchev–Trinajstić information content (AvgIpc) is 3.25. The molecule has 2 aromatic heterocycles. The zero-order valence-corrected chi connectivity index (χ0v) is 15.6. The molecule has 0 saturated carbocycles. The van der Waals surface area contributed by atoms with Crippen LogP contribution in [0.4, 0.5) is 13.2 Å². The first kappa shape index (κ1) is 21.1. The van der Waals surface area contributed by atoms with Gasteiger partial charge >= 0.3 is 6.18 Å². The molecular weight excluding hydrogens is 407 g/mol. The fraction of sp³-hybridized carbons (Fsp3) is 0.368. The molecule has 0 bridgehead atoms. The van der Waals surface area contributed by atoms with E-state index in [-0.39, 0.29) is 24.1 Å². The number of ether oxygens (including phenoxy) is 2. The number of fused-ring (bicyclic) bond motifs is 2. The molecule has 29 heavy (non-hydrogen) atoms. The normalized spacial score (nSPS) is 14.2. The summed E-state index contributed by atoms with van der Waals surface area (Å²) in [5.41, 5.74) is 3.30. The summed E-state index contributed by atoms with van der Waals surface area (Å²) < 4.78 is 60.2. The molecule has 1 atom stereocenters. The highest BCUT2D eigenvalue weighted by molar-refractivity contribution is 7.84. The summed E-state index contributed by atoms with van der Waals surface area (Å²) in [5.74, 6) is 0.853. The second-order valence-electron chi connectivity index (χ2n) is 6.39. The Morgan fingerprint density at radius 2 is 2.14 bits per heavy atom. The monoisotopic (exact) mass is 427 g/mol. The first-order valence-electron chi connectivity index (χ1n) is 8.48. The molecule has 1 aliphatic rings. The van der Waals surface area contributed by atoms with E-state index in [1.54, 1.807) is 6.92 Å². The van der Waals surface area contributed by atoms with Crippen molar-refractivity contribution in [3.05, 3.63) is 41.2 Å². The number of alkyl halides is 3. The van der Waals surface area contributed by atoms with Gasteiger partial charge in [0.1, 0.15) is 11.5 Å². The lowest BCUT2D eigenvalue weighted by atomic mass is 10.1. The van der Waals surface area contributed by atoms with Crippen molar-refractivity contribution in [2.75, 3.05) is 13.2 Å². The molecule has 0 amide bonds. The van der Waals surface area contributed by atoms with Crippen molar-refractivity contribution in [1.29, 1.82) is 0 Å². The van der Waals surface area contributed by atoms with Gasteiger partial charge in [-0.25, -0.2) is 4.98 Å². The quantitative estimate of drug-likeness (QED) is 0.664. The van der Waals surface area contributed by atoms with Crippen molar-refractivity contribution in [2.24, 2.45) is 0 Å². The van der Waals surface area contributed by atoms with E-state index < -0.39 is 23.6 Å². The highest BCUT2D eigenvalue weighted by Gasteiger charge is 2.29. The number of benzene rings is 1. The second-order valence-corrected chi connectivity index (χ2v) is 7.76. The molecule has 156 valence electrons. The Bertz CT molecular complexity index is 1030. The standard InChI is InChI=1S/C18H16F3N3O3S.CH4/c1-10-14(22-4-2-15(10)27-9-18(19,20)21)8-28(25)17-23-12-6-11-3-5-26-16(11)7-13(12)24-17;/h2,4,6-7H,3,5,8-9H2,1H3,(H,23,24);1H4. The van der Waals surface area contributed by atoms with Gasteiger partial charge in [-0.05, 0) is 24.6 Å². The minimum absolute atomic E-state index is 0. The SMILES string of the molecule is C.Cc1c(OCC(F)(F)F)ccnc1CS(=O)c1nc2cc3c(cc2[nH]1)CCO3. The van der Waals surface area contributed by atoms with Gasteiger partial charge in [0.05, 0.1) is 39.9 Å². The number of aromatic amines is 1. The summed E-state index contributed by atoms with van der Waals surface area (Å²) in [4.78, 5) is 11.6. The number of pyridine rings is 1. The van der Waals surface area contributed by atoms with Gasteiger partial charge in [-0.15, -0.1) is 0 Å². The fourth-order valence-corrected chi connectivity index (χ4v) is 4.08. The summed E-state index contributed by atoms with van der Waals surface area (Å²) in [6, 6.07) is 5.10. The summed E-state index contributed by atoms with van der Waals surface area (Å²) in [6.07, 6.45) is -2.28. The predicted octanol–water partition coefficient (Wildman–Crippen LogP) is 4.09. The minimum atomic E-state index is -4.43. The Labute approximate surface area is 167 Å². The van der Waals surface area contributed by atoms with Crippen LogP contribution in [0.1, 0.15) is 24.2 Å². The number of nitrogens with one attached hydrogen (secondary N) is 1. The van der Waals surface area contributed by atoms with Gasteiger partial charge in [0.15, 0.2) is 11.8 Å². The molecule has 3 aromatic rings. The van der Waals surface area contributed by atoms with Crippen LogP contribution in [-0.2, 0) is 23.0 Å². The summed E-state index contributed by atoms with van der Waals surface area (Å²) >= 11 is 0. The lowest BCUT2D eigenvalue weighted by molar-refractivity contribution is -0.153. The third kappa shape index (κ3) is 4.52. The van der Waals surface area contributed by atoms with Crippen molar-refractivity contribution in [3.8, 4) is 11.5 Å². The molecule has 3 heterocycles. The van der Waals surface area contributed by atoms with Gasteiger partial charge in [0.2, 0.25) is 0 Å². The Morgan fingerprint density at radius 1 is 1.34 bits per heavy atom. The molecule has 0 fully saturated rings. The van der Waals surface area contributed by atoms with E-state index in [0.29, 0.717) is 23.4 Å². The molecule has 6 nitrogen and oxygen atoms in total. The van der Waals surface area contributed by atoms with Crippen LogP contribution in [0.3, 0.4) is 0 Å². The van der Waals surface area contributed by atoms with Gasteiger partial charge in [0.25, 0.3) is 0 Å². The minimum Gasteiger partial charge on any atom is -0.493 e. The van der Waals surface area contributed by atoms with E-state index in [1.807, 2.05) is 12.1 Å². The van der Waals surface area contributed by atoms with E-state index in [9.17, 15) is 17.4 Å². The van der Waals surface area contributed by atoms with E-state index in [1.165, 1.54) is 12.3 Å². The molecule has 1 unspecified atom stereocenters. The molecule has 10 heteroatoms. The van der Waals surface area contributed by atoms with Crippen LogP contribution in [0.15, 0.2) is 29.6 Å². The number of halogens is 3. The number of H-pyrrole nitrogens is 1. The van der Waals surface area contributed by atoms with E-state index >= 15 is 0 Å². The molecule has 1 aliphatic heterocycles. The van der Waals surface area contributed by atoms with Gasteiger partial charge in [0, 0.05) is 24.2 Å². The summed E-state index contributed by atoms with van der Waals surface area (Å²) in [7, 11) is -1.55. The first-order valence-corrected chi connectivity index (χ1v) is 9.80. The van der Waals surface area contributed by atoms with Gasteiger partial charge in [-0.3, -0.25) is 9.19 Å². The molecule has 4 rings (SSSR count). The number of hydrogen-bond acceptors (Lipinski definition) is 5. The lowest BCUT2D eigenvalue weighted by Crippen LogP contribution is -2.19. The number of nitrogens with zero attached hydrogens (tertiary/aromatic N) is 2. The maximum Gasteiger partial charge on any atom is 0.422 e. The Kier molecular flexibility index (Phi) is 5.83. The highest BCUT2D eigenvalue weighted by Crippen LogP contribution is 2.30. The summed E-state index contributed by atoms with van der Waals surface area (Å²) in [6.45, 7) is 0.834. The summed E-state index contributed by atoms with van der Waals surface area (Å²) in [5, 5.41) is 0.279. The molecular formula is C19H20F3N3O3S. The fourth-order valence-electron chi connectivity index (χ4n) is 2.98. The van der Waals surface area contributed by atoms with E-state index in [2.05, 4.69) is 15.0 Å². The number of aromatic nitrogens is 3. The zero-order valence-electron chi connectivity index (χ0n) is 14.8. The topological polar surface area (TPSA) is 77.1 Å². The van der Waals surface area contributed by atoms with E-state index in [0.717, 1.165) is 23.3 Å². The van der Waals surface area contributed by atoms with Crippen LogP contribution >= 0.6 is 0 Å². The van der Waals surface area contributed by atoms with E-state index in [4.69, 9.17) is 9.47 Å². The van der Waals surface area contributed by atoms with Crippen LogP contribution in [-0.4, -0.2) is 38.6 Å². The average molecular weight is 427 g/mol. The lowest BCUT2D eigenvalue weighted by Gasteiger charge is -2.13. The van der Waals surface area contributed by atoms with Crippen LogP contribution in [0.25, 0.3) is 11.0 Å². The van der Waals surface area contributed by atoms with Gasteiger partial charge < -0.3 is 14.5 Å². The third-order valence-electron chi connectivity index (χ3n) is 4.40. The largest absolute Gasteiger partial charge is 0.493 e. The van der Waals surface area contributed by atoms with Crippen molar-refractivity contribution in [3.63, 3.8) is 0 Å². The van der Waals surface area contributed by atoms with Crippen LogP contribution < -0.4 is 9.47 Å². The molecule has 0 spiro atoms. The first-order chi connectivity index (χ1) is 13.3. The number of hydrogen-bond donors (Lipinski definition) is 1. The third-order valence-corrected chi connectivity index (χ3v) is 5.57. The maximum absolute atomic E-state index is 12.7. The zero-order chi connectivity index (χ0) is 19.9. The van der Waals surface area contributed by atoms with Crippen molar-refractivity contribution in [1.82, 2.24) is 15.0 Å². The number of imidazole rings is 1. The maximum atomic E-state index is 12.7. The molecule has 1 N–H and O–H groups in total. The van der Waals surface area contributed by atoms with Crippen molar-refractivity contribution < 1.29 is 26.9 Å². The number of rotatable bonds is 5. The van der Waals surface area contributed by atoms with Crippen molar-refractivity contribution >= 4 is 21.8 Å². The van der Waals surface area contributed by atoms with Gasteiger partial charge in [-0.1, -0.05) is 7.43 Å². The molecule has 0 aliphatic carbocycles. The Hall–Kier alpha value is -2.62. The smallest absolute Gasteiger partial charge is 0.422 e. The Morgan fingerprint density at radius 3 is 2.90 bits per heavy atom. The molecule has 0 radical (unpaired) electrons. The van der Waals surface area contributed by atoms with Gasteiger partial charge in [-0.2, -0.15) is 13.2 Å². The van der Waals surface area contributed by atoms with Crippen molar-refractivity contribution in [2.45, 2.75) is 37.9 Å². The van der Waals surface area contributed by atoms with Crippen LogP contribution in [0.5, 0.6) is 11.5 Å².